The highest BCUT2D eigenvalue weighted by Gasteiger charge is 2.17. The summed E-state index contributed by atoms with van der Waals surface area (Å²) in [6.07, 6.45) is 5.39. The van der Waals surface area contributed by atoms with E-state index < -0.39 is 0 Å². The van der Waals surface area contributed by atoms with E-state index in [2.05, 4.69) is 28.2 Å². The Balaban J connectivity index is 1.76. The Bertz CT molecular complexity index is 430. The zero-order valence-corrected chi connectivity index (χ0v) is 11.6. The van der Waals surface area contributed by atoms with Gasteiger partial charge < -0.3 is 10.2 Å². The fourth-order valence-corrected chi connectivity index (χ4v) is 2.58. The van der Waals surface area contributed by atoms with Crippen LogP contribution in [-0.2, 0) is 6.54 Å². The molecule has 0 unspecified atom stereocenters. The molecule has 1 aliphatic heterocycles. The van der Waals surface area contributed by atoms with Crippen molar-refractivity contribution < 1.29 is 0 Å². The predicted molar refractivity (Wildman–Crippen MR) is 75.5 cm³/mol. The molecule has 2 rings (SSSR count). The molecule has 1 saturated heterocycles. The number of pyridine rings is 1. The minimum Gasteiger partial charge on any atom is -0.310 e. The summed E-state index contributed by atoms with van der Waals surface area (Å²) in [5.74, 6) is 0. The fourth-order valence-electron chi connectivity index (χ4n) is 2.58. The van der Waals surface area contributed by atoms with Crippen LogP contribution in [0.2, 0.25) is 0 Å². The average molecular weight is 258 g/mol. The van der Waals surface area contributed by atoms with Crippen molar-refractivity contribution in [3.8, 4) is 6.07 Å². The Hall–Kier alpha value is -1.44. The molecule has 0 atom stereocenters. The summed E-state index contributed by atoms with van der Waals surface area (Å²) in [5, 5.41) is 12.4. The molecule has 1 aromatic heterocycles. The molecule has 102 valence electrons. The van der Waals surface area contributed by atoms with Gasteiger partial charge in [-0.15, -0.1) is 0 Å². The van der Waals surface area contributed by atoms with Gasteiger partial charge in [0.15, 0.2) is 0 Å². The van der Waals surface area contributed by atoms with Crippen LogP contribution in [0, 0.1) is 11.3 Å². The Morgan fingerprint density at radius 3 is 2.95 bits per heavy atom. The van der Waals surface area contributed by atoms with Crippen LogP contribution in [0.4, 0.5) is 0 Å². The van der Waals surface area contributed by atoms with E-state index in [0.717, 1.165) is 12.1 Å². The molecule has 4 nitrogen and oxygen atoms in total. The topological polar surface area (TPSA) is 52.0 Å². The summed E-state index contributed by atoms with van der Waals surface area (Å²) >= 11 is 0. The number of hydrogen-bond donors (Lipinski definition) is 1. The van der Waals surface area contributed by atoms with Gasteiger partial charge in [0.1, 0.15) is 11.8 Å². The van der Waals surface area contributed by atoms with Crippen molar-refractivity contribution in [1.82, 2.24) is 15.2 Å². The van der Waals surface area contributed by atoms with Crippen molar-refractivity contribution in [3.05, 3.63) is 29.6 Å². The van der Waals surface area contributed by atoms with Crippen LogP contribution in [0.1, 0.15) is 37.4 Å². The maximum absolute atomic E-state index is 8.82. The summed E-state index contributed by atoms with van der Waals surface area (Å²) in [7, 11) is 0. The van der Waals surface area contributed by atoms with E-state index >= 15 is 0 Å². The lowest BCUT2D eigenvalue weighted by Crippen LogP contribution is -2.42. The van der Waals surface area contributed by atoms with E-state index in [4.69, 9.17) is 5.26 Å². The maximum Gasteiger partial charge on any atom is 0.140 e. The molecule has 1 aliphatic rings. The van der Waals surface area contributed by atoms with Gasteiger partial charge in [-0.1, -0.05) is 6.92 Å². The van der Waals surface area contributed by atoms with Gasteiger partial charge >= 0.3 is 0 Å². The second kappa shape index (κ2) is 7.22. The molecule has 0 radical (unpaired) electrons. The molecule has 4 heteroatoms. The summed E-state index contributed by atoms with van der Waals surface area (Å²) < 4.78 is 0. The number of rotatable bonds is 5. The number of aromatic nitrogens is 1. The van der Waals surface area contributed by atoms with Gasteiger partial charge in [-0.2, -0.15) is 5.26 Å². The monoisotopic (exact) mass is 258 g/mol. The third-order valence-electron chi connectivity index (χ3n) is 3.66. The predicted octanol–water partition coefficient (Wildman–Crippen LogP) is 1.92. The van der Waals surface area contributed by atoms with Crippen LogP contribution in [0.3, 0.4) is 0 Å². The highest BCUT2D eigenvalue weighted by atomic mass is 15.1. The normalized spacial score (nSPS) is 17.3. The molecule has 0 bridgehead atoms. The number of hydrogen-bond acceptors (Lipinski definition) is 4. The van der Waals surface area contributed by atoms with E-state index in [9.17, 15) is 0 Å². The Morgan fingerprint density at radius 2 is 2.26 bits per heavy atom. The van der Waals surface area contributed by atoms with Crippen molar-refractivity contribution in [3.63, 3.8) is 0 Å². The molecule has 0 amide bonds. The first-order chi connectivity index (χ1) is 9.31. The number of nitriles is 1. The largest absolute Gasteiger partial charge is 0.310 e. The third kappa shape index (κ3) is 4.30. The molecule has 0 spiro atoms. The van der Waals surface area contributed by atoms with Crippen molar-refractivity contribution >= 4 is 0 Å². The quantitative estimate of drug-likeness (QED) is 0.876. The number of nitrogens with one attached hydrogen (secondary N) is 1. The van der Waals surface area contributed by atoms with Gasteiger partial charge in [-0.05, 0) is 56.6 Å². The highest BCUT2D eigenvalue weighted by Crippen LogP contribution is 2.11. The zero-order chi connectivity index (χ0) is 13.5. The minimum atomic E-state index is 0.497. The molecule has 0 saturated carbocycles. The van der Waals surface area contributed by atoms with Crippen molar-refractivity contribution in [1.29, 1.82) is 5.26 Å². The Morgan fingerprint density at radius 1 is 1.47 bits per heavy atom. The molecular weight excluding hydrogens is 236 g/mol. The van der Waals surface area contributed by atoms with E-state index in [1.54, 1.807) is 6.20 Å². The lowest BCUT2D eigenvalue weighted by atomic mass is 10.0. The molecule has 2 heterocycles. The molecule has 1 N–H and O–H groups in total. The summed E-state index contributed by atoms with van der Waals surface area (Å²) in [4.78, 5) is 6.53. The molecule has 1 aromatic rings. The standard InChI is InChI=1S/C15H22N4/c1-2-7-19-8-4-14(5-9-19)18-12-13-3-6-17-15(10-13)11-16/h3,6,10,14,18H,2,4-5,7-9,12H2,1H3. The Labute approximate surface area is 115 Å². The van der Waals surface area contributed by atoms with Crippen LogP contribution >= 0.6 is 0 Å². The first-order valence-corrected chi connectivity index (χ1v) is 7.12. The number of nitrogens with zero attached hydrogens (tertiary/aromatic N) is 3. The molecule has 0 aromatic carbocycles. The lowest BCUT2D eigenvalue weighted by Gasteiger charge is -2.32. The third-order valence-corrected chi connectivity index (χ3v) is 3.66. The summed E-state index contributed by atoms with van der Waals surface area (Å²) in [6, 6.07) is 6.52. The van der Waals surface area contributed by atoms with Gasteiger partial charge in [-0.3, -0.25) is 0 Å². The minimum absolute atomic E-state index is 0.497. The molecular formula is C15H22N4. The summed E-state index contributed by atoms with van der Waals surface area (Å²) in [6.45, 7) is 6.69. The van der Waals surface area contributed by atoms with Crippen molar-refractivity contribution in [2.45, 2.75) is 38.8 Å². The van der Waals surface area contributed by atoms with Crippen molar-refractivity contribution in [2.24, 2.45) is 0 Å². The zero-order valence-electron chi connectivity index (χ0n) is 11.6. The molecule has 19 heavy (non-hydrogen) atoms. The van der Waals surface area contributed by atoms with E-state index in [1.165, 1.54) is 38.9 Å². The summed E-state index contributed by atoms with van der Waals surface area (Å²) in [5.41, 5.74) is 1.64. The van der Waals surface area contributed by atoms with E-state index in [1.807, 2.05) is 12.1 Å². The second-order valence-corrected chi connectivity index (χ2v) is 5.16. The highest BCUT2D eigenvalue weighted by molar-refractivity contribution is 5.25. The first-order valence-electron chi connectivity index (χ1n) is 7.12. The smallest absolute Gasteiger partial charge is 0.140 e. The van der Waals surface area contributed by atoms with E-state index in [-0.39, 0.29) is 0 Å². The van der Waals surface area contributed by atoms with Gasteiger partial charge in [0.25, 0.3) is 0 Å². The van der Waals surface area contributed by atoms with Gasteiger partial charge in [0, 0.05) is 18.8 Å². The molecule has 1 fully saturated rings. The van der Waals surface area contributed by atoms with Crippen LogP contribution in [-0.4, -0.2) is 35.6 Å². The van der Waals surface area contributed by atoms with Crippen LogP contribution < -0.4 is 5.32 Å². The van der Waals surface area contributed by atoms with Crippen molar-refractivity contribution in [2.75, 3.05) is 19.6 Å². The van der Waals surface area contributed by atoms with Gasteiger partial charge in [0.05, 0.1) is 0 Å². The SMILES string of the molecule is CCCN1CCC(NCc2ccnc(C#N)c2)CC1. The van der Waals surface area contributed by atoms with Gasteiger partial charge in [0.2, 0.25) is 0 Å². The average Bonchev–Trinajstić information content (AvgIpc) is 2.47. The molecule has 0 aliphatic carbocycles. The maximum atomic E-state index is 8.82. The van der Waals surface area contributed by atoms with E-state index in [0.29, 0.717) is 11.7 Å². The van der Waals surface area contributed by atoms with Crippen LogP contribution in [0.5, 0.6) is 0 Å². The number of likely N-dealkylation sites (tertiary alicyclic amines) is 1. The fraction of sp³-hybridized carbons (Fsp3) is 0.600. The van der Waals surface area contributed by atoms with Crippen LogP contribution in [0.25, 0.3) is 0 Å². The van der Waals surface area contributed by atoms with Crippen LogP contribution in [0.15, 0.2) is 18.3 Å². The van der Waals surface area contributed by atoms with Gasteiger partial charge in [-0.25, -0.2) is 4.98 Å². The first kappa shape index (κ1) is 14.0. The number of piperidine rings is 1. The lowest BCUT2D eigenvalue weighted by molar-refractivity contribution is 0.197. The second-order valence-electron chi connectivity index (χ2n) is 5.16. The Kier molecular flexibility index (Phi) is 5.31.